The number of halogens is 1. The number of methoxy groups -OCH3 is 1. The zero-order valence-corrected chi connectivity index (χ0v) is 13.4. The van der Waals surface area contributed by atoms with Crippen LogP contribution in [0.3, 0.4) is 0 Å². The van der Waals surface area contributed by atoms with Gasteiger partial charge in [-0.25, -0.2) is 4.39 Å². The highest BCUT2D eigenvalue weighted by molar-refractivity contribution is 5.22. The summed E-state index contributed by atoms with van der Waals surface area (Å²) < 4.78 is 18.5. The Morgan fingerprint density at radius 1 is 1.35 bits per heavy atom. The number of rotatable bonds is 6. The lowest BCUT2D eigenvalue weighted by molar-refractivity contribution is 0.140. The van der Waals surface area contributed by atoms with Crippen LogP contribution in [0, 0.1) is 5.82 Å². The van der Waals surface area contributed by atoms with Crippen LogP contribution in [0.1, 0.15) is 35.8 Å². The molecule has 1 aliphatic heterocycles. The van der Waals surface area contributed by atoms with E-state index in [0.29, 0.717) is 12.5 Å². The van der Waals surface area contributed by atoms with E-state index in [1.54, 1.807) is 25.4 Å². The van der Waals surface area contributed by atoms with Crippen LogP contribution < -0.4 is 0 Å². The van der Waals surface area contributed by atoms with Crippen molar-refractivity contribution in [3.05, 3.63) is 59.4 Å². The molecule has 23 heavy (non-hydrogen) atoms. The normalized spacial score (nSPS) is 18.4. The van der Waals surface area contributed by atoms with Gasteiger partial charge < -0.3 is 4.74 Å². The maximum absolute atomic E-state index is 13.3. The average molecular weight is 315 g/mol. The van der Waals surface area contributed by atoms with Gasteiger partial charge >= 0.3 is 0 Å². The minimum atomic E-state index is -0.215. The molecule has 0 radical (unpaired) electrons. The molecule has 1 fully saturated rings. The van der Waals surface area contributed by atoms with Gasteiger partial charge in [0.2, 0.25) is 0 Å². The van der Waals surface area contributed by atoms with Crippen molar-refractivity contribution in [3.63, 3.8) is 0 Å². The summed E-state index contributed by atoms with van der Waals surface area (Å²) in [7, 11) is 1.73. The largest absolute Gasteiger partial charge is 0.383 e. The minimum absolute atomic E-state index is 0.215. The number of ether oxygens (including phenoxy) is 1. The molecule has 0 aliphatic carbocycles. The van der Waals surface area contributed by atoms with E-state index in [-0.39, 0.29) is 5.82 Å². The zero-order chi connectivity index (χ0) is 16.1. The van der Waals surface area contributed by atoms with Crippen molar-refractivity contribution in [2.75, 3.05) is 26.8 Å². The molecule has 0 amide bonds. The summed E-state index contributed by atoms with van der Waals surface area (Å²) in [5, 5.41) is 0. The number of hydrogen-bond donors (Lipinski definition) is 0. The highest BCUT2D eigenvalue weighted by atomic mass is 19.1. The molecule has 122 valence electrons. The van der Waals surface area contributed by atoms with Crippen molar-refractivity contribution in [2.24, 2.45) is 0 Å². The molecule has 0 bridgehead atoms. The van der Waals surface area contributed by atoms with Gasteiger partial charge in [0.1, 0.15) is 5.82 Å². The number of likely N-dealkylation sites (tertiary alicyclic amines) is 1. The zero-order valence-electron chi connectivity index (χ0n) is 13.4. The van der Waals surface area contributed by atoms with E-state index < -0.39 is 0 Å². The van der Waals surface area contributed by atoms with Gasteiger partial charge in [-0.2, -0.15) is 0 Å². The third-order valence-electron chi connectivity index (χ3n) is 4.27. The summed E-state index contributed by atoms with van der Waals surface area (Å²) in [5.74, 6) is -0.215. The standard InChI is InChI=1S/C18H22FN3O/c1-23-9-8-22-7-3-6-18(22)17-13-20-12-16(21-17)11-14-4-2-5-15(19)10-14/h2,4-5,10,12-13,18H,3,6-9,11H2,1H3. The number of hydrogen-bond acceptors (Lipinski definition) is 4. The first-order valence-electron chi connectivity index (χ1n) is 8.04. The SMILES string of the molecule is COCCN1CCCC1c1cncc(Cc2cccc(F)c2)n1. The molecule has 1 aromatic carbocycles. The fourth-order valence-electron chi connectivity index (χ4n) is 3.16. The lowest BCUT2D eigenvalue weighted by atomic mass is 10.1. The molecular weight excluding hydrogens is 293 g/mol. The Morgan fingerprint density at radius 2 is 2.26 bits per heavy atom. The van der Waals surface area contributed by atoms with Crippen LogP contribution in [-0.2, 0) is 11.2 Å². The molecule has 0 spiro atoms. The summed E-state index contributed by atoms with van der Waals surface area (Å²) in [5.41, 5.74) is 2.80. The first kappa shape index (κ1) is 16.0. The second kappa shape index (κ2) is 7.62. The van der Waals surface area contributed by atoms with Gasteiger partial charge in [-0.3, -0.25) is 14.9 Å². The van der Waals surface area contributed by atoms with Crippen LogP contribution in [0.5, 0.6) is 0 Å². The highest BCUT2D eigenvalue weighted by Gasteiger charge is 2.27. The van der Waals surface area contributed by atoms with Crippen molar-refractivity contribution in [3.8, 4) is 0 Å². The van der Waals surface area contributed by atoms with Crippen LogP contribution in [0.25, 0.3) is 0 Å². The van der Waals surface area contributed by atoms with Crippen molar-refractivity contribution < 1.29 is 9.13 Å². The van der Waals surface area contributed by atoms with Gasteiger partial charge in [0.25, 0.3) is 0 Å². The van der Waals surface area contributed by atoms with E-state index in [4.69, 9.17) is 9.72 Å². The molecule has 1 saturated heterocycles. The minimum Gasteiger partial charge on any atom is -0.383 e. The highest BCUT2D eigenvalue weighted by Crippen LogP contribution is 2.30. The van der Waals surface area contributed by atoms with E-state index in [1.165, 1.54) is 12.5 Å². The average Bonchev–Trinajstić information content (AvgIpc) is 3.01. The Hall–Kier alpha value is -1.85. The molecule has 4 nitrogen and oxygen atoms in total. The van der Waals surface area contributed by atoms with Gasteiger partial charge in [0, 0.05) is 32.5 Å². The molecule has 5 heteroatoms. The maximum Gasteiger partial charge on any atom is 0.123 e. The van der Waals surface area contributed by atoms with E-state index in [1.807, 2.05) is 12.3 Å². The lowest BCUT2D eigenvalue weighted by Crippen LogP contribution is -2.27. The second-order valence-electron chi connectivity index (χ2n) is 5.93. The lowest BCUT2D eigenvalue weighted by Gasteiger charge is -2.23. The predicted octanol–water partition coefficient (Wildman–Crippen LogP) is 2.99. The Balaban J connectivity index is 1.74. The molecule has 2 heterocycles. The fourth-order valence-corrected chi connectivity index (χ4v) is 3.16. The molecular formula is C18H22FN3O. The van der Waals surface area contributed by atoms with Gasteiger partial charge in [0.05, 0.1) is 24.0 Å². The molecule has 0 saturated carbocycles. The number of nitrogens with zero attached hydrogens (tertiary/aromatic N) is 3. The molecule has 1 aliphatic rings. The first-order chi connectivity index (χ1) is 11.3. The van der Waals surface area contributed by atoms with Crippen LogP contribution in [0.4, 0.5) is 4.39 Å². The topological polar surface area (TPSA) is 38.2 Å². The van der Waals surface area contributed by atoms with E-state index in [9.17, 15) is 4.39 Å². The molecule has 1 unspecified atom stereocenters. The quantitative estimate of drug-likeness (QED) is 0.821. The van der Waals surface area contributed by atoms with Gasteiger partial charge in [-0.1, -0.05) is 12.1 Å². The van der Waals surface area contributed by atoms with E-state index in [0.717, 1.165) is 43.1 Å². The predicted molar refractivity (Wildman–Crippen MR) is 86.7 cm³/mol. The van der Waals surface area contributed by atoms with Crippen molar-refractivity contribution in [1.29, 1.82) is 0 Å². The fraction of sp³-hybridized carbons (Fsp3) is 0.444. The molecule has 1 aromatic heterocycles. The third kappa shape index (κ3) is 4.12. The maximum atomic E-state index is 13.3. The number of benzene rings is 1. The summed E-state index contributed by atoms with van der Waals surface area (Å²) in [4.78, 5) is 11.5. The van der Waals surface area contributed by atoms with Crippen LogP contribution >= 0.6 is 0 Å². The summed E-state index contributed by atoms with van der Waals surface area (Å²) in [6.45, 7) is 2.72. The van der Waals surface area contributed by atoms with Gasteiger partial charge in [-0.05, 0) is 37.1 Å². The Labute approximate surface area is 136 Å². The molecule has 0 N–H and O–H groups in total. The summed E-state index contributed by atoms with van der Waals surface area (Å²) >= 11 is 0. The molecule has 1 atom stereocenters. The monoisotopic (exact) mass is 315 g/mol. The molecule has 2 aromatic rings. The van der Waals surface area contributed by atoms with Crippen molar-refractivity contribution >= 4 is 0 Å². The Bertz CT molecular complexity index is 650. The van der Waals surface area contributed by atoms with Crippen LogP contribution in [0.2, 0.25) is 0 Å². The summed E-state index contributed by atoms with van der Waals surface area (Å²) in [6, 6.07) is 6.96. The van der Waals surface area contributed by atoms with Crippen molar-refractivity contribution in [1.82, 2.24) is 14.9 Å². The van der Waals surface area contributed by atoms with Crippen LogP contribution in [-0.4, -0.2) is 41.7 Å². The Kier molecular flexibility index (Phi) is 5.31. The van der Waals surface area contributed by atoms with E-state index >= 15 is 0 Å². The van der Waals surface area contributed by atoms with Crippen LogP contribution in [0.15, 0.2) is 36.7 Å². The van der Waals surface area contributed by atoms with Crippen molar-refractivity contribution in [2.45, 2.75) is 25.3 Å². The van der Waals surface area contributed by atoms with Gasteiger partial charge in [-0.15, -0.1) is 0 Å². The Morgan fingerprint density at radius 3 is 3.09 bits per heavy atom. The smallest absolute Gasteiger partial charge is 0.123 e. The number of aromatic nitrogens is 2. The second-order valence-corrected chi connectivity index (χ2v) is 5.93. The van der Waals surface area contributed by atoms with E-state index in [2.05, 4.69) is 9.88 Å². The first-order valence-corrected chi connectivity index (χ1v) is 8.04. The van der Waals surface area contributed by atoms with Gasteiger partial charge in [0.15, 0.2) is 0 Å². The molecule has 3 rings (SSSR count). The summed E-state index contributed by atoms with van der Waals surface area (Å²) in [6.07, 6.45) is 6.49. The third-order valence-corrected chi connectivity index (χ3v) is 4.27.